The molecule has 0 atom stereocenters. The normalized spacial score (nSPS) is 11.6. The molecule has 0 fully saturated rings. The first-order valence-electron chi connectivity index (χ1n) is 5.57. The zero-order chi connectivity index (χ0) is 13.8. The van der Waals surface area contributed by atoms with E-state index in [1.165, 1.54) is 0 Å². The van der Waals surface area contributed by atoms with Crippen LogP contribution in [0.15, 0.2) is 0 Å². The molecule has 2 N–H and O–H groups in total. The van der Waals surface area contributed by atoms with Crippen LogP contribution in [-0.2, 0) is 10.0 Å². The molecular weight excluding hydrogens is 276 g/mol. The van der Waals surface area contributed by atoms with Gasteiger partial charge in [-0.1, -0.05) is 18.5 Å². The number of anilines is 1. The second-order valence-electron chi connectivity index (χ2n) is 3.78. The van der Waals surface area contributed by atoms with E-state index in [1.807, 2.05) is 0 Å². The average Bonchev–Trinajstić information content (AvgIpc) is 2.24. The van der Waals surface area contributed by atoms with Gasteiger partial charge in [0.15, 0.2) is 0 Å². The number of rotatable bonds is 6. The lowest BCUT2D eigenvalue weighted by Gasteiger charge is -2.10. The minimum absolute atomic E-state index is 0.0129. The third kappa shape index (κ3) is 4.40. The van der Waals surface area contributed by atoms with Gasteiger partial charge in [0.2, 0.25) is 10.0 Å². The predicted octanol–water partition coefficient (Wildman–Crippen LogP) is 1.10. The Kier molecular flexibility index (Phi) is 5.30. The zero-order valence-corrected chi connectivity index (χ0v) is 12.2. The molecule has 8 heteroatoms. The third-order valence-corrected chi connectivity index (χ3v) is 4.06. The van der Waals surface area contributed by atoms with Gasteiger partial charge in [-0.05, 0) is 13.8 Å². The minimum atomic E-state index is -3.22. The van der Waals surface area contributed by atoms with Crippen molar-refractivity contribution in [2.75, 3.05) is 24.2 Å². The summed E-state index contributed by atoms with van der Waals surface area (Å²) in [5.74, 6) is 1.10. The summed E-state index contributed by atoms with van der Waals surface area (Å²) in [5, 5.41) is 3.33. The van der Waals surface area contributed by atoms with Gasteiger partial charge in [-0.2, -0.15) is 0 Å². The summed E-state index contributed by atoms with van der Waals surface area (Å²) >= 11 is 5.92. The highest BCUT2D eigenvalue weighted by atomic mass is 35.5. The fourth-order valence-corrected chi connectivity index (χ4v) is 2.53. The van der Waals surface area contributed by atoms with Crippen molar-refractivity contribution in [1.29, 1.82) is 0 Å². The number of halogens is 1. The SMILES string of the molecule is CCNS(=O)(=O)CCNc1nc(C)nc(Cl)c1C. The van der Waals surface area contributed by atoms with Crippen LogP contribution in [0.4, 0.5) is 5.82 Å². The summed E-state index contributed by atoms with van der Waals surface area (Å²) in [5.41, 5.74) is 0.711. The maximum absolute atomic E-state index is 11.4. The summed E-state index contributed by atoms with van der Waals surface area (Å²) in [6.07, 6.45) is 0. The van der Waals surface area contributed by atoms with Gasteiger partial charge in [0.05, 0.1) is 5.75 Å². The van der Waals surface area contributed by atoms with E-state index in [9.17, 15) is 8.42 Å². The van der Waals surface area contributed by atoms with E-state index in [0.29, 0.717) is 28.9 Å². The Balaban J connectivity index is 2.65. The van der Waals surface area contributed by atoms with Crippen molar-refractivity contribution in [3.63, 3.8) is 0 Å². The molecule has 0 aliphatic rings. The number of hydrogen-bond acceptors (Lipinski definition) is 5. The van der Waals surface area contributed by atoms with Gasteiger partial charge in [0.1, 0.15) is 16.8 Å². The van der Waals surface area contributed by atoms with Crippen LogP contribution in [0.3, 0.4) is 0 Å². The van der Waals surface area contributed by atoms with Gasteiger partial charge in [0.25, 0.3) is 0 Å². The molecule has 1 rings (SSSR count). The number of nitrogens with one attached hydrogen (secondary N) is 2. The molecule has 0 aliphatic carbocycles. The van der Waals surface area contributed by atoms with Crippen LogP contribution in [0.5, 0.6) is 0 Å². The number of aryl methyl sites for hydroxylation is 1. The van der Waals surface area contributed by atoms with Gasteiger partial charge in [0, 0.05) is 18.7 Å². The Hall–Kier alpha value is -0.920. The van der Waals surface area contributed by atoms with Gasteiger partial charge in [-0.3, -0.25) is 0 Å². The van der Waals surface area contributed by atoms with Crippen LogP contribution in [0.1, 0.15) is 18.3 Å². The zero-order valence-electron chi connectivity index (χ0n) is 10.6. The number of nitrogens with zero attached hydrogens (tertiary/aromatic N) is 2. The van der Waals surface area contributed by atoms with Crippen molar-refractivity contribution in [2.45, 2.75) is 20.8 Å². The van der Waals surface area contributed by atoms with Crippen molar-refractivity contribution in [2.24, 2.45) is 0 Å². The number of hydrogen-bond donors (Lipinski definition) is 2. The van der Waals surface area contributed by atoms with E-state index in [1.54, 1.807) is 20.8 Å². The summed E-state index contributed by atoms with van der Waals surface area (Å²) in [4.78, 5) is 8.18. The third-order valence-electron chi connectivity index (χ3n) is 2.23. The van der Waals surface area contributed by atoms with E-state index in [2.05, 4.69) is 20.0 Å². The molecule has 0 spiro atoms. The first-order valence-corrected chi connectivity index (χ1v) is 7.60. The molecule has 102 valence electrons. The van der Waals surface area contributed by atoms with E-state index in [0.717, 1.165) is 0 Å². The second kappa shape index (κ2) is 6.31. The van der Waals surface area contributed by atoms with Gasteiger partial charge in [-0.25, -0.2) is 23.1 Å². The average molecular weight is 293 g/mol. The lowest BCUT2D eigenvalue weighted by molar-refractivity contribution is 0.584. The summed E-state index contributed by atoms with van der Waals surface area (Å²) in [6.45, 7) is 5.90. The second-order valence-corrected chi connectivity index (χ2v) is 6.06. The highest BCUT2D eigenvalue weighted by molar-refractivity contribution is 7.89. The van der Waals surface area contributed by atoms with Crippen molar-refractivity contribution in [3.05, 3.63) is 16.5 Å². The van der Waals surface area contributed by atoms with Crippen LogP contribution >= 0.6 is 11.6 Å². The van der Waals surface area contributed by atoms with Crippen LogP contribution in [0.25, 0.3) is 0 Å². The van der Waals surface area contributed by atoms with Crippen molar-refractivity contribution in [3.8, 4) is 0 Å². The van der Waals surface area contributed by atoms with Crippen LogP contribution in [0.2, 0.25) is 5.15 Å². The smallest absolute Gasteiger partial charge is 0.213 e. The molecule has 0 radical (unpaired) electrons. The van der Waals surface area contributed by atoms with Crippen LogP contribution < -0.4 is 10.0 Å². The number of aromatic nitrogens is 2. The molecule has 0 amide bonds. The molecule has 0 saturated heterocycles. The van der Waals surface area contributed by atoms with Gasteiger partial charge in [-0.15, -0.1) is 0 Å². The molecule has 0 unspecified atom stereocenters. The van der Waals surface area contributed by atoms with E-state index in [4.69, 9.17) is 11.6 Å². The lowest BCUT2D eigenvalue weighted by atomic mass is 10.3. The highest BCUT2D eigenvalue weighted by Gasteiger charge is 2.10. The van der Waals surface area contributed by atoms with Gasteiger partial charge < -0.3 is 5.32 Å². The van der Waals surface area contributed by atoms with E-state index < -0.39 is 10.0 Å². The molecule has 1 aromatic rings. The molecule has 0 aliphatic heterocycles. The molecular formula is C10H17ClN4O2S. The summed E-state index contributed by atoms with van der Waals surface area (Å²) in [7, 11) is -3.22. The van der Waals surface area contributed by atoms with Crippen molar-refractivity contribution >= 4 is 27.4 Å². The molecule has 0 aromatic carbocycles. The Bertz CT molecular complexity index is 519. The van der Waals surface area contributed by atoms with Gasteiger partial charge >= 0.3 is 0 Å². The Morgan fingerprint density at radius 2 is 1.94 bits per heavy atom. The van der Waals surface area contributed by atoms with Crippen molar-refractivity contribution < 1.29 is 8.42 Å². The molecule has 6 nitrogen and oxygen atoms in total. The predicted molar refractivity (Wildman–Crippen MR) is 72.5 cm³/mol. The lowest BCUT2D eigenvalue weighted by Crippen LogP contribution is -2.29. The molecule has 18 heavy (non-hydrogen) atoms. The fraction of sp³-hybridized carbons (Fsp3) is 0.600. The molecule has 0 saturated carbocycles. The van der Waals surface area contributed by atoms with Crippen molar-refractivity contribution in [1.82, 2.24) is 14.7 Å². The maximum atomic E-state index is 11.4. The quantitative estimate of drug-likeness (QED) is 0.767. The largest absolute Gasteiger partial charge is 0.369 e. The molecule has 1 heterocycles. The Morgan fingerprint density at radius 1 is 1.28 bits per heavy atom. The topological polar surface area (TPSA) is 84.0 Å². The summed E-state index contributed by atoms with van der Waals surface area (Å²) < 4.78 is 25.3. The van der Waals surface area contributed by atoms with Crippen LogP contribution in [0, 0.1) is 13.8 Å². The van der Waals surface area contributed by atoms with E-state index >= 15 is 0 Å². The van der Waals surface area contributed by atoms with E-state index in [-0.39, 0.29) is 12.3 Å². The number of sulfonamides is 1. The fourth-order valence-electron chi connectivity index (χ4n) is 1.36. The standard InChI is InChI=1S/C10H17ClN4O2S/c1-4-13-18(16,17)6-5-12-10-7(2)9(11)14-8(3)15-10/h13H,4-6H2,1-3H3,(H,12,14,15). The minimum Gasteiger partial charge on any atom is -0.369 e. The first-order chi connectivity index (χ1) is 8.35. The monoisotopic (exact) mass is 292 g/mol. The Morgan fingerprint density at radius 3 is 2.56 bits per heavy atom. The Labute approximate surface area is 112 Å². The molecule has 0 bridgehead atoms. The summed E-state index contributed by atoms with van der Waals surface area (Å²) in [6, 6.07) is 0. The highest BCUT2D eigenvalue weighted by Crippen LogP contribution is 2.19. The van der Waals surface area contributed by atoms with Crippen LogP contribution in [-0.4, -0.2) is 37.2 Å². The molecule has 1 aromatic heterocycles. The maximum Gasteiger partial charge on any atom is 0.213 e. The first kappa shape index (κ1) is 15.1.